The molecule has 0 radical (unpaired) electrons. The van der Waals surface area contributed by atoms with Gasteiger partial charge in [-0.25, -0.2) is 8.42 Å². The Morgan fingerprint density at radius 3 is 2.27 bits per heavy atom. The first kappa shape index (κ1) is 30.6. The van der Waals surface area contributed by atoms with Gasteiger partial charge in [0.2, 0.25) is 21.8 Å². The van der Waals surface area contributed by atoms with Crippen LogP contribution in [0, 0.1) is 0 Å². The van der Waals surface area contributed by atoms with E-state index in [4.69, 9.17) is 4.74 Å². The number of hydrogen-bond donors (Lipinski definition) is 1. The zero-order valence-corrected chi connectivity index (χ0v) is 25.7. The fourth-order valence-electron chi connectivity index (χ4n) is 4.87. The van der Waals surface area contributed by atoms with Gasteiger partial charge in [0.25, 0.3) is 0 Å². The van der Waals surface area contributed by atoms with Gasteiger partial charge in [0, 0.05) is 17.1 Å². The quantitative estimate of drug-likeness (QED) is 0.291. The minimum Gasteiger partial charge on any atom is -0.489 e. The van der Waals surface area contributed by atoms with E-state index in [9.17, 15) is 18.0 Å². The van der Waals surface area contributed by atoms with E-state index < -0.39 is 28.5 Å². The maximum Gasteiger partial charge on any atom is 0.244 e. The van der Waals surface area contributed by atoms with Gasteiger partial charge < -0.3 is 15.0 Å². The number of sulfonamides is 1. The molecule has 1 atom stereocenters. The summed E-state index contributed by atoms with van der Waals surface area (Å²) in [7, 11) is -3.82. The van der Waals surface area contributed by atoms with Crippen molar-refractivity contribution in [2.75, 3.05) is 17.1 Å². The summed E-state index contributed by atoms with van der Waals surface area (Å²) in [6, 6.07) is 23.1. The SMILES string of the molecule is C[C@H](C(=O)NC1CCCC1)N(Cc1cccc(Br)c1)C(=O)CN(c1ccc(OCc2ccccc2)cc1)S(C)(=O)=O. The second kappa shape index (κ2) is 14.0. The molecule has 1 aliphatic carbocycles. The Kier molecular flexibility index (Phi) is 10.4. The van der Waals surface area contributed by atoms with Crippen LogP contribution < -0.4 is 14.4 Å². The third-order valence-corrected chi connectivity index (χ3v) is 8.80. The van der Waals surface area contributed by atoms with Crippen molar-refractivity contribution in [3.05, 3.63) is 94.5 Å². The van der Waals surface area contributed by atoms with E-state index >= 15 is 0 Å². The highest BCUT2D eigenvalue weighted by Crippen LogP contribution is 2.24. The van der Waals surface area contributed by atoms with Gasteiger partial charge >= 0.3 is 0 Å². The zero-order chi connectivity index (χ0) is 29.4. The maximum absolute atomic E-state index is 13.8. The summed E-state index contributed by atoms with van der Waals surface area (Å²) in [5.41, 5.74) is 2.16. The highest BCUT2D eigenvalue weighted by molar-refractivity contribution is 9.10. The van der Waals surface area contributed by atoms with E-state index in [2.05, 4.69) is 21.2 Å². The van der Waals surface area contributed by atoms with Crippen LogP contribution in [0.5, 0.6) is 5.75 Å². The van der Waals surface area contributed by atoms with Gasteiger partial charge in [0.1, 0.15) is 24.9 Å². The lowest BCUT2D eigenvalue weighted by Crippen LogP contribution is -2.52. The number of benzene rings is 3. The van der Waals surface area contributed by atoms with Crippen molar-refractivity contribution < 1.29 is 22.7 Å². The standard InChI is InChI=1S/C31H36BrN3O5S/c1-23(31(37)33-27-13-6-7-14-27)34(20-25-11-8-12-26(32)19-25)30(36)21-35(41(2,38)39)28-15-17-29(18-16-28)40-22-24-9-4-3-5-10-24/h3-5,8-12,15-19,23,27H,6-7,13-14,20-22H2,1-2H3,(H,33,37)/t23-/m1/s1. The van der Waals surface area contributed by atoms with E-state index in [1.807, 2.05) is 54.6 Å². The molecule has 3 aromatic rings. The van der Waals surface area contributed by atoms with Gasteiger partial charge in [-0.3, -0.25) is 13.9 Å². The van der Waals surface area contributed by atoms with Crippen LogP contribution in [0.15, 0.2) is 83.3 Å². The Morgan fingerprint density at radius 1 is 0.976 bits per heavy atom. The number of nitrogens with zero attached hydrogens (tertiary/aromatic N) is 2. The van der Waals surface area contributed by atoms with Crippen molar-refractivity contribution >= 4 is 43.5 Å². The highest BCUT2D eigenvalue weighted by atomic mass is 79.9. The normalized spacial score (nSPS) is 14.3. The largest absolute Gasteiger partial charge is 0.489 e. The van der Waals surface area contributed by atoms with Crippen LogP contribution >= 0.6 is 15.9 Å². The summed E-state index contributed by atoms with van der Waals surface area (Å²) in [6.07, 6.45) is 5.05. The summed E-state index contributed by atoms with van der Waals surface area (Å²) in [4.78, 5) is 28.4. The molecule has 3 aromatic carbocycles. The van der Waals surface area contributed by atoms with Crippen molar-refractivity contribution in [2.24, 2.45) is 0 Å². The van der Waals surface area contributed by atoms with Crippen LogP contribution in [0.1, 0.15) is 43.7 Å². The molecule has 2 amide bonds. The number of ether oxygens (including phenoxy) is 1. The molecule has 4 rings (SSSR count). The molecule has 1 N–H and O–H groups in total. The van der Waals surface area contributed by atoms with Gasteiger partial charge in [0.15, 0.2) is 0 Å². The molecule has 0 aliphatic heterocycles. The minimum atomic E-state index is -3.82. The Bertz CT molecular complexity index is 1430. The Hall–Kier alpha value is -3.37. The molecule has 1 aliphatic rings. The van der Waals surface area contributed by atoms with Crippen LogP contribution in [0.2, 0.25) is 0 Å². The van der Waals surface area contributed by atoms with Crippen LogP contribution in [-0.2, 0) is 32.8 Å². The predicted molar refractivity (Wildman–Crippen MR) is 164 cm³/mol. The molecule has 218 valence electrons. The highest BCUT2D eigenvalue weighted by Gasteiger charge is 2.31. The maximum atomic E-state index is 13.8. The van der Waals surface area contributed by atoms with Gasteiger partial charge in [-0.05, 0) is 67.3 Å². The zero-order valence-electron chi connectivity index (χ0n) is 23.3. The molecule has 41 heavy (non-hydrogen) atoms. The Balaban J connectivity index is 1.52. The summed E-state index contributed by atoms with van der Waals surface area (Å²) in [5.74, 6) is -0.147. The number of halogens is 1. The minimum absolute atomic E-state index is 0.0999. The van der Waals surface area contributed by atoms with Gasteiger partial charge in [-0.2, -0.15) is 0 Å². The number of carbonyl (C=O) groups excluding carboxylic acids is 2. The number of anilines is 1. The van der Waals surface area contributed by atoms with Gasteiger partial charge in [-0.1, -0.05) is 71.2 Å². The lowest BCUT2D eigenvalue weighted by Gasteiger charge is -2.32. The summed E-state index contributed by atoms with van der Waals surface area (Å²) in [6.45, 7) is 1.77. The Labute approximate surface area is 250 Å². The molecular weight excluding hydrogens is 606 g/mol. The third kappa shape index (κ3) is 8.81. The van der Waals surface area contributed by atoms with Crippen LogP contribution in [0.4, 0.5) is 5.69 Å². The number of hydrogen-bond acceptors (Lipinski definition) is 5. The van der Waals surface area contributed by atoms with Crippen molar-refractivity contribution in [3.63, 3.8) is 0 Å². The summed E-state index contributed by atoms with van der Waals surface area (Å²) in [5, 5.41) is 3.07. The first-order valence-electron chi connectivity index (χ1n) is 13.7. The molecular formula is C31H36BrN3O5S. The molecule has 0 unspecified atom stereocenters. The topological polar surface area (TPSA) is 96.0 Å². The smallest absolute Gasteiger partial charge is 0.244 e. The van der Waals surface area contributed by atoms with Crippen molar-refractivity contribution in [2.45, 2.75) is 57.8 Å². The number of rotatable bonds is 12. The van der Waals surface area contributed by atoms with E-state index in [-0.39, 0.29) is 18.5 Å². The van der Waals surface area contributed by atoms with Crippen molar-refractivity contribution in [1.29, 1.82) is 0 Å². The predicted octanol–water partition coefficient (Wildman–Crippen LogP) is 5.27. The van der Waals surface area contributed by atoms with Crippen LogP contribution in [0.25, 0.3) is 0 Å². The summed E-state index contributed by atoms with van der Waals surface area (Å²) < 4.78 is 33.5. The first-order chi connectivity index (χ1) is 19.6. The number of amides is 2. The molecule has 0 aromatic heterocycles. The molecule has 1 fully saturated rings. The lowest BCUT2D eigenvalue weighted by atomic mass is 10.1. The lowest BCUT2D eigenvalue weighted by molar-refractivity contribution is -0.139. The molecule has 0 saturated heterocycles. The van der Waals surface area contributed by atoms with Gasteiger partial charge in [0.05, 0.1) is 11.9 Å². The average Bonchev–Trinajstić information content (AvgIpc) is 3.46. The van der Waals surface area contributed by atoms with Crippen LogP contribution in [-0.4, -0.2) is 50.0 Å². The molecule has 0 spiro atoms. The molecule has 8 nitrogen and oxygen atoms in total. The third-order valence-electron chi connectivity index (χ3n) is 7.16. The first-order valence-corrected chi connectivity index (χ1v) is 16.3. The monoisotopic (exact) mass is 641 g/mol. The molecule has 10 heteroatoms. The average molecular weight is 643 g/mol. The summed E-state index contributed by atoms with van der Waals surface area (Å²) >= 11 is 3.46. The second-order valence-electron chi connectivity index (χ2n) is 10.4. The van der Waals surface area contributed by atoms with Crippen molar-refractivity contribution in [1.82, 2.24) is 10.2 Å². The van der Waals surface area contributed by atoms with Crippen LogP contribution in [0.3, 0.4) is 0 Å². The van der Waals surface area contributed by atoms with Gasteiger partial charge in [-0.15, -0.1) is 0 Å². The van der Waals surface area contributed by atoms with E-state index in [0.29, 0.717) is 18.0 Å². The fourth-order valence-corrected chi connectivity index (χ4v) is 6.17. The van der Waals surface area contributed by atoms with E-state index in [0.717, 1.165) is 51.8 Å². The van der Waals surface area contributed by atoms with E-state index in [1.54, 1.807) is 31.2 Å². The van der Waals surface area contributed by atoms with E-state index in [1.165, 1.54) is 4.90 Å². The fraction of sp³-hybridized carbons (Fsp3) is 0.355. The number of nitrogens with one attached hydrogen (secondary N) is 1. The second-order valence-corrected chi connectivity index (χ2v) is 13.2. The number of carbonyl (C=O) groups is 2. The molecule has 0 bridgehead atoms. The van der Waals surface area contributed by atoms with Crippen molar-refractivity contribution in [3.8, 4) is 5.75 Å². The molecule has 1 saturated carbocycles. The Morgan fingerprint density at radius 2 is 1.63 bits per heavy atom. The molecule has 0 heterocycles.